The van der Waals surface area contributed by atoms with Crippen LogP contribution >= 0.6 is 11.6 Å². The fourth-order valence-electron chi connectivity index (χ4n) is 2.78. The Morgan fingerprint density at radius 1 is 1.24 bits per heavy atom. The van der Waals surface area contributed by atoms with Gasteiger partial charge in [-0.1, -0.05) is 35.9 Å². The van der Waals surface area contributed by atoms with Gasteiger partial charge in [-0.3, -0.25) is 4.68 Å². The molecule has 3 aromatic rings. The zero-order valence-corrected chi connectivity index (χ0v) is 12.2. The number of halogens is 1. The minimum atomic E-state index is 0.246. The van der Waals surface area contributed by atoms with Crippen molar-refractivity contribution in [2.45, 2.75) is 12.3 Å². The molecule has 1 aliphatic rings. The Hall–Kier alpha value is -2.20. The second kappa shape index (κ2) is 4.67. The smallest absolute Gasteiger partial charge is 0.138 e. The zero-order chi connectivity index (χ0) is 14.4. The Kier molecular flexibility index (Phi) is 2.79. The van der Waals surface area contributed by atoms with Gasteiger partial charge in [0.1, 0.15) is 11.0 Å². The van der Waals surface area contributed by atoms with Crippen LogP contribution in [0, 0.1) is 0 Å². The highest BCUT2D eigenvalue weighted by molar-refractivity contribution is 6.29. The molecule has 0 N–H and O–H groups in total. The van der Waals surface area contributed by atoms with Crippen LogP contribution in [0.25, 0.3) is 11.3 Å². The van der Waals surface area contributed by atoms with Crippen LogP contribution in [0.3, 0.4) is 0 Å². The van der Waals surface area contributed by atoms with Gasteiger partial charge in [0, 0.05) is 30.8 Å². The van der Waals surface area contributed by atoms with Crippen molar-refractivity contribution in [3.63, 3.8) is 0 Å². The van der Waals surface area contributed by atoms with Crippen molar-refractivity contribution in [2.24, 2.45) is 7.05 Å². The fraction of sp³-hybridized carbons (Fsp3) is 0.188. The summed E-state index contributed by atoms with van der Waals surface area (Å²) in [5.74, 6) is 1.04. The first-order valence-corrected chi connectivity index (χ1v) is 7.20. The molecule has 0 aliphatic heterocycles. The molecule has 1 aromatic carbocycles. The van der Waals surface area contributed by atoms with Crippen LogP contribution in [0.1, 0.15) is 22.9 Å². The lowest BCUT2D eigenvalue weighted by atomic mass is 9.77. The largest absolute Gasteiger partial charge is 0.275 e. The van der Waals surface area contributed by atoms with Gasteiger partial charge in [-0.05, 0) is 17.5 Å². The average Bonchev–Trinajstić information content (AvgIpc) is 2.86. The fourth-order valence-corrected chi connectivity index (χ4v) is 2.97. The van der Waals surface area contributed by atoms with Crippen LogP contribution in [0.15, 0.2) is 42.7 Å². The maximum Gasteiger partial charge on any atom is 0.138 e. The number of rotatable bonds is 2. The molecule has 0 amide bonds. The van der Waals surface area contributed by atoms with E-state index in [9.17, 15) is 0 Å². The molecule has 4 nitrogen and oxygen atoms in total. The van der Waals surface area contributed by atoms with E-state index >= 15 is 0 Å². The number of hydrogen-bond donors (Lipinski definition) is 0. The normalized spacial score (nSPS) is 16.4. The van der Waals surface area contributed by atoms with E-state index in [1.165, 1.54) is 11.1 Å². The quantitative estimate of drug-likeness (QED) is 0.682. The van der Waals surface area contributed by atoms with Crippen molar-refractivity contribution in [3.05, 3.63) is 64.8 Å². The third-order valence-corrected chi connectivity index (χ3v) is 4.07. The van der Waals surface area contributed by atoms with Crippen LogP contribution in [0.4, 0.5) is 0 Å². The van der Waals surface area contributed by atoms with Crippen molar-refractivity contribution >= 4 is 11.6 Å². The van der Waals surface area contributed by atoms with Crippen molar-refractivity contribution < 1.29 is 0 Å². The summed E-state index contributed by atoms with van der Waals surface area (Å²) in [5.41, 5.74) is 4.45. The first-order chi connectivity index (χ1) is 10.2. The summed E-state index contributed by atoms with van der Waals surface area (Å²) in [6.45, 7) is 0. The summed E-state index contributed by atoms with van der Waals surface area (Å²) in [6, 6.07) is 10.2. The molecular formula is C16H13ClN4. The standard InChI is InChI=1S/C16H13ClN4/c1-21-9-11(8-18-21)14-7-15(17)20-16(19-14)13-6-10-4-2-3-5-12(10)13/h2-5,7-9,13H,6H2,1H3. The van der Waals surface area contributed by atoms with E-state index < -0.39 is 0 Å². The van der Waals surface area contributed by atoms with Gasteiger partial charge in [0.05, 0.1) is 11.9 Å². The molecule has 0 radical (unpaired) electrons. The van der Waals surface area contributed by atoms with Gasteiger partial charge in [-0.25, -0.2) is 9.97 Å². The summed E-state index contributed by atoms with van der Waals surface area (Å²) in [6.07, 6.45) is 4.69. The molecule has 0 bridgehead atoms. The molecule has 5 heteroatoms. The predicted molar refractivity (Wildman–Crippen MR) is 81.2 cm³/mol. The van der Waals surface area contributed by atoms with Gasteiger partial charge in [-0.2, -0.15) is 5.10 Å². The Balaban J connectivity index is 1.76. The molecule has 4 rings (SSSR count). The maximum absolute atomic E-state index is 6.18. The maximum atomic E-state index is 6.18. The molecule has 21 heavy (non-hydrogen) atoms. The van der Waals surface area contributed by atoms with E-state index in [0.29, 0.717) is 5.15 Å². The molecular weight excluding hydrogens is 284 g/mol. The number of aryl methyl sites for hydroxylation is 1. The van der Waals surface area contributed by atoms with E-state index in [1.807, 2.05) is 13.2 Å². The van der Waals surface area contributed by atoms with Gasteiger partial charge in [-0.15, -0.1) is 0 Å². The van der Waals surface area contributed by atoms with Crippen molar-refractivity contribution in [3.8, 4) is 11.3 Å². The number of fused-ring (bicyclic) bond motifs is 1. The van der Waals surface area contributed by atoms with Gasteiger partial charge in [0.2, 0.25) is 0 Å². The van der Waals surface area contributed by atoms with Crippen LogP contribution in [-0.2, 0) is 13.5 Å². The van der Waals surface area contributed by atoms with Gasteiger partial charge < -0.3 is 0 Å². The van der Waals surface area contributed by atoms with Crippen LogP contribution in [0.5, 0.6) is 0 Å². The van der Waals surface area contributed by atoms with E-state index in [2.05, 4.69) is 39.3 Å². The lowest BCUT2D eigenvalue weighted by Crippen LogP contribution is -2.20. The molecule has 2 aromatic heterocycles. The Morgan fingerprint density at radius 3 is 2.86 bits per heavy atom. The molecule has 104 valence electrons. The summed E-state index contributed by atoms with van der Waals surface area (Å²) < 4.78 is 1.75. The monoisotopic (exact) mass is 296 g/mol. The molecule has 1 unspecified atom stereocenters. The first-order valence-electron chi connectivity index (χ1n) is 6.82. The highest BCUT2D eigenvalue weighted by atomic mass is 35.5. The van der Waals surface area contributed by atoms with Gasteiger partial charge in [0.25, 0.3) is 0 Å². The number of nitrogens with zero attached hydrogens (tertiary/aromatic N) is 4. The SMILES string of the molecule is Cn1cc(-c2cc(Cl)nc(C3Cc4ccccc43)n2)cn1. The van der Waals surface area contributed by atoms with E-state index in [-0.39, 0.29) is 5.92 Å². The summed E-state index contributed by atoms with van der Waals surface area (Å²) in [4.78, 5) is 9.10. The number of benzene rings is 1. The van der Waals surface area contributed by atoms with Gasteiger partial charge >= 0.3 is 0 Å². The Morgan fingerprint density at radius 2 is 2.10 bits per heavy atom. The van der Waals surface area contributed by atoms with Crippen LogP contribution in [-0.4, -0.2) is 19.7 Å². The summed E-state index contributed by atoms with van der Waals surface area (Å²) in [7, 11) is 1.88. The molecule has 2 heterocycles. The molecule has 0 spiro atoms. The third kappa shape index (κ3) is 2.12. The van der Waals surface area contributed by atoms with Gasteiger partial charge in [0.15, 0.2) is 0 Å². The highest BCUT2D eigenvalue weighted by Gasteiger charge is 2.29. The Labute approximate surface area is 127 Å². The van der Waals surface area contributed by atoms with Crippen molar-refractivity contribution in [1.82, 2.24) is 19.7 Å². The molecule has 1 atom stereocenters. The average molecular weight is 297 g/mol. The first kappa shape index (κ1) is 12.5. The predicted octanol–water partition coefficient (Wildman–Crippen LogP) is 3.22. The van der Waals surface area contributed by atoms with E-state index in [4.69, 9.17) is 11.6 Å². The summed E-state index contributed by atoms with van der Waals surface area (Å²) >= 11 is 6.18. The molecule has 0 saturated heterocycles. The second-order valence-corrected chi connectivity index (χ2v) is 5.68. The topological polar surface area (TPSA) is 43.6 Å². The van der Waals surface area contributed by atoms with Crippen LogP contribution < -0.4 is 0 Å². The van der Waals surface area contributed by atoms with Crippen LogP contribution in [0.2, 0.25) is 5.15 Å². The number of aromatic nitrogens is 4. The molecule has 1 aliphatic carbocycles. The minimum absolute atomic E-state index is 0.246. The molecule has 0 fully saturated rings. The lowest BCUT2D eigenvalue weighted by Gasteiger charge is -2.28. The Bertz CT molecular complexity index is 825. The van der Waals surface area contributed by atoms with Crippen molar-refractivity contribution in [1.29, 1.82) is 0 Å². The van der Waals surface area contributed by atoms with Crippen molar-refractivity contribution in [2.75, 3.05) is 0 Å². The number of hydrogen-bond acceptors (Lipinski definition) is 3. The highest BCUT2D eigenvalue weighted by Crippen LogP contribution is 2.39. The zero-order valence-electron chi connectivity index (χ0n) is 11.5. The van der Waals surface area contributed by atoms with E-state index in [0.717, 1.165) is 23.5 Å². The van der Waals surface area contributed by atoms with E-state index in [1.54, 1.807) is 16.9 Å². The lowest BCUT2D eigenvalue weighted by molar-refractivity contribution is 0.660. The second-order valence-electron chi connectivity index (χ2n) is 5.29. The molecule has 0 saturated carbocycles. The third-order valence-electron chi connectivity index (χ3n) is 3.88. The summed E-state index contributed by atoms with van der Waals surface area (Å²) in [5, 5.41) is 4.66. The minimum Gasteiger partial charge on any atom is -0.275 e.